The fourth-order valence-electron chi connectivity index (χ4n) is 2.56. The minimum absolute atomic E-state index is 0. The minimum atomic E-state index is 0. The third-order valence-corrected chi connectivity index (χ3v) is 5.36. The minimum Gasteiger partial charge on any atom is -0.439 e. The van der Waals surface area contributed by atoms with E-state index in [1.54, 1.807) is 24.6 Å². The zero-order chi connectivity index (χ0) is 19.2. The molecule has 150 valence electrons. The van der Waals surface area contributed by atoms with Gasteiger partial charge in [-0.3, -0.25) is 4.99 Å². The van der Waals surface area contributed by atoms with Crippen LogP contribution >= 0.6 is 35.3 Å². The summed E-state index contributed by atoms with van der Waals surface area (Å²) in [5.74, 6) is 2.11. The molecular weight excluding hydrogens is 485 g/mol. The second-order valence-electron chi connectivity index (χ2n) is 6.34. The molecule has 2 heterocycles. The molecule has 8 heteroatoms. The molecule has 28 heavy (non-hydrogen) atoms. The van der Waals surface area contributed by atoms with E-state index in [4.69, 9.17) is 4.42 Å². The van der Waals surface area contributed by atoms with Crippen molar-refractivity contribution < 1.29 is 4.42 Å². The Morgan fingerprint density at radius 1 is 1.14 bits per heavy atom. The number of guanidine groups is 1. The van der Waals surface area contributed by atoms with Gasteiger partial charge in [0.1, 0.15) is 0 Å². The van der Waals surface area contributed by atoms with E-state index in [-0.39, 0.29) is 24.0 Å². The first-order chi connectivity index (χ1) is 13.0. The molecule has 2 aromatic heterocycles. The van der Waals surface area contributed by atoms with E-state index in [0.717, 1.165) is 41.0 Å². The van der Waals surface area contributed by atoms with Crippen LogP contribution in [0.4, 0.5) is 0 Å². The lowest BCUT2D eigenvalue weighted by molar-refractivity contribution is 0.497. The van der Waals surface area contributed by atoms with Gasteiger partial charge in [-0.25, -0.2) is 9.97 Å². The molecule has 0 bridgehead atoms. The predicted octanol–water partition coefficient (Wildman–Crippen LogP) is 4.25. The zero-order valence-electron chi connectivity index (χ0n) is 16.6. The van der Waals surface area contributed by atoms with Gasteiger partial charge in [0.25, 0.3) is 0 Å². The third kappa shape index (κ3) is 6.03. The molecular formula is C20H26IN5OS. The second-order valence-corrected chi connectivity index (χ2v) is 7.62. The first kappa shape index (κ1) is 22.4. The van der Waals surface area contributed by atoms with Crippen LogP contribution < -0.4 is 10.6 Å². The zero-order valence-corrected chi connectivity index (χ0v) is 19.7. The second kappa shape index (κ2) is 10.6. The number of hydrogen-bond donors (Lipinski definition) is 2. The van der Waals surface area contributed by atoms with Gasteiger partial charge in [0.2, 0.25) is 5.89 Å². The molecule has 0 amide bonds. The van der Waals surface area contributed by atoms with Crippen LogP contribution in [0.3, 0.4) is 0 Å². The number of rotatable bonds is 6. The molecule has 0 fully saturated rings. The van der Waals surface area contributed by atoms with Gasteiger partial charge in [0.05, 0.1) is 23.4 Å². The van der Waals surface area contributed by atoms with Crippen molar-refractivity contribution in [1.29, 1.82) is 0 Å². The molecule has 0 atom stereocenters. The summed E-state index contributed by atoms with van der Waals surface area (Å²) in [5.41, 5.74) is 3.36. The highest BCUT2D eigenvalue weighted by atomic mass is 127. The number of aromatic nitrogens is 2. The van der Waals surface area contributed by atoms with Gasteiger partial charge in [0, 0.05) is 30.5 Å². The quantitative estimate of drug-likeness (QED) is 0.294. The van der Waals surface area contributed by atoms with E-state index in [1.807, 2.05) is 19.1 Å². The molecule has 0 radical (unpaired) electrons. The Labute approximate surface area is 186 Å². The Morgan fingerprint density at radius 3 is 2.54 bits per heavy atom. The van der Waals surface area contributed by atoms with Crippen LogP contribution in [0.1, 0.15) is 27.0 Å². The van der Waals surface area contributed by atoms with E-state index in [1.165, 1.54) is 10.4 Å². The molecule has 3 aromatic rings. The number of hydrogen-bond acceptors (Lipinski definition) is 5. The third-order valence-electron chi connectivity index (χ3n) is 4.22. The van der Waals surface area contributed by atoms with Crippen molar-refractivity contribution in [3.8, 4) is 11.3 Å². The Kier molecular flexibility index (Phi) is 8.43. The Balaban J connectivity index is 0.00000280. The molecule has 0 aliphatic heterocycles. The number of aryl methyl sites for hydroxylation is 3. The summed E-state index contributed by atoms with van der Waals surface area (Å²) in [6, 6.07) is 8.20. The number of oxazole rings is 1. The topological polar surface area (TPSA) is 75.3 Å². The highest BCUT2D eigenvalue weighted by Crippen LogP contribution is 2.20. The van der Waals surface area contributed by atoms with E-state index in [0.29, 0.717) is 12.4 Å². The summed E-state index contributed by atoms with van der Waals surface area (Å²) in [6.07, 6.45) is 2.63. The van der Waals surface area contributed by atoms with Crippen molar-refractivity contribution in [1.82, 2.24) is 20.6 Å². The normalized spacial score (nSPS) is 11.2. The molecule has 0 unspecified atom stereocenters. The molecule has 0 spiro atoms. The fraction of sp³-hybridized carbons (Fsp3) is 0.350. The smallest absolute Gasteiger partial charge is 0.214 e. The monoisotopic (exact) mass is 511 g/mol. The van der Waals surface area contributed by atoms with Crippen LogP contribution in [0.15, 0.2) is 39.9 Å². The lowest BCUT2D eigenvalue weighted by Crippen LogP contribution is -2.37. The van der Waals surface area contributed by atoms with Gasteiger partial charge in [-0.05, 0) is 20.8 Å². The largest absolute Gasteiger partial charge is 0.439 e. The number of nitrogens with zero attached hydrogens (tertiary/aromatic N) is 3. The summed E-state index contributed by atoms with van der Waals surface area (Å²) in [4.78, 5) is 14.4. The maximum Gasteiger partial charge on any atom is 0.214 e. The summed E-state index contributed by atoms with van der Waals surface area (Å²) < 4.78 is 5.83. The van der Waals surface area contributed by atoms with Crippen LogP contribution in [0.25, 0.3) is 11.3 Å². The van der Waals surface area contributed by atoms with Gasteiger partial charge in [0.15, 0.2) is 11.7 Å². The van der Waals surface area contributed by atoms with Gasteiger partial charge in [-0.2, -0.15) is 0 Å². The number of nitrogens with one attached hydrogen (secondary N) is 2. The predicted molar refractivity (Wildman–Crippen MR) is 126 cm³/mol. The van der Waals surface area contributed by atoms with Crippen molar-refractivity contribution in [2.24, 2.45) is 4.99 Å². The Bertz CT molecular complexity index is 898. The molecule has 1 aromatic carbocycles. The van der Waals surface area contributed by atoms with Crippen molar-refractivity contribution >= 4 is 41.3 Å². The Hall–Kier alpha value is -1.94. The van der Waals surface area contributed by atoms with Crippen molar-refractivity contribution in [3.05, 3.63) is 57.5 Å². The number of thiazole rings is 1. The van der Waals surface area contributed by atoms with Crippen LogP contribution in [0, 0.1) is 20.8 Å². The molecule has 2 N–H and O–H groups in total. The maximum atomic E-state index is 5.83. The summed E-state index contributed by atoms with van der Waals surface area (Å²) in [7, 11) is 1.75. The van der Waals surface area contributed by atoms with Crippen LogP contribution in [0.2, 0.25) is 0 Å². The van der Waals surface area contributed by atoms with E-state index in [9.17, 15) is 0 Å². The molecule has 0 saturated heterocycles. The number of benzene rings is 1. The van der Waals surface area contributed by atoms with Crippen LogP contribution in [-0.4, -0.2) is 29.5 Å². The van der Waals surface area contributed by atoms with Gasteiger partial charge in [-0.1, -0.05) is 29.8 Å². The highest BCUT2D eigenvalue weighted by Gasteiger charge is 2.08. The summed E-state index contributed by atoms with van der Waals surface area (Å²) in [6.45, 7) is 7.46. The Morgan fingerprint density at radius 2 is 1.89 bits per heavy atom. The van der Waals surface area contributed by atoms with Gasteiger partial charge >= 0.3 is 0 Å². The standard InChI is InChI=1S/C20H25N5OS.HI/c1-13-5-7-16(8-6-13)17-11-23-18(26-17)12-24-20(21-4)22-10-9-19-25-14(2)15(3)27-19;/h5-8,11H,9-10,12H2,1-4H3,(H2,21,22,24);1H. The number of aliphatic imine (C=N–C) groups is 1. The summed E-state index contributed by atoms with van der Waals surface area (Å²) >= 11 is 1.75. The SMILES string of the molecule is CN=C(NCCc1nc(C)c(C)s1)NCc1ncc(-c2ccc(C)cc2)o1.I. The lowest BCUT2D eigenvalue weighted by atomic mass is 10.1. The maximum absolute atomic E-state index is 5.83. The van der Waals surface area contributed by atoms with Crippen LogP contribution in [-0.2, 0) is 13.0 Å². The van der Waals surface area contributed by atoms with E-state index >= 15 is 0 Å². The first-order valence-corrected chi connectivity index (χ1v) is 9.76. The average Bonchev–Trinajstić information content (AvgIpc) is 3.25. The molecule has 0 aliphatic rings. The van der Waals surface area contributed by atoms with E-state index in [2.05, 4.69) is 51.6 Å². The molecule has 0 saturated carbocycles. The molecule has 6 nitrogen and oxygen atoms in total. The number of halogens is 1. The van der Waals surface area contributed by atoms with Crippen molar-refractivity contribution in [2.75, 3.05) is 13.6 Å². The molecule has 0 aliphatic carbocycles. The van der Waals surface area contributed by atoms with Gasteiger partial charge < -0.3 is 15.1 Å². The average molecular weight is 511 g/mol. The summed E-state index contributed by atoms with van der Waals surface area (Å²) in [5, 5.41) is 7.67. The molecule has 3 rings (SSSR count). The first-order valence-electron chi connectivity index (χ1n) is 8.94. The van der Waals surface area contributed by atoms with Crippen molar-refractivity contribution in [3.63, 3.8) is 0 Å². The van der Waals surface area contributed by atoms with Gasteiger partial charge in [-0.15, -0.1) is 35.3 Å². The fourth-order valence-corrected chi connectivity index (χ4v) is 3.49. The van der Waals surface area contributed by atoms with Crippen LogP contribution in [0.5, 0.6) is 0 Å². The lowest BCUT2D eigenvalue weighted by Gasteiger charge is -2.09. The van der Waals surface area contributed by atoms with E-state index < -0.39 is 0 Å². The van der Waals surface area contributed by atoms with Crippen molar-refractivity contribution in [2.45, 2.75) is 33.7 Å². The highest BCUT2D eigenvalue weighted by molar-refractivity contribution is 14.0.